The number of halogens is 3. The molecule has 0 unspecified atom stereocenters. The van der Waals surface area contributed by atoms with Crippen molar-refractivity contribution in [2.45, 2.75) is 32.7 Å². The molecule has 0 aliphatic carbocycles. The first-order valence-electron chi connectivity index (χ1n) is 7.26. The zero-order valence-electron chi connectivity index (χ0n) is 13.8. The van der Waals surface area contributed by atoms with Crippen molar-refractivity contribution >= 4 is 0 Å². The summed E-state index contributed by atoms with van der Waals surface area (Å²) in [4.78, 5) is 15.9. The Kier molecular flexibility index (Phi) is 5.07. The van der Waals surface area contributed by atoms with Gasteiger partial charge < -0.3 is 14.6 Å². The minimum atomic E-state index is -4.94. The van der Waals surface area contributed by atoms with Gasteiger partial charge in [0.2, 0.25) is 0 Å². The lowest BCUT2D eigenvalue weighted by Crippen LogP contribution is -2.28. The first-order valence-corrected chi connectivity index (χ1v) is 7.26. The van der Waals surface area contributed by atoms with E-state index in [-0.39, 0.29) is 23.7 Å². The van der Waals surface area contributed by atoms with Gasteiger partial charge in [0, 0.05) is 18.5 Å². The van der Waals surface area contributed by atoms with Crippen molar-refractivity contribution in [3.63, 3.8) is 0 Å². The highest BCUT2D eigenvalue weighted by atomic mass is 19.4. The summed E-state index contributed by atoms with van der Waals surface area (Å²) in [6, 6.07) is 3.68. The quantitative estimate of drug-likeness (QED) is 0.889. The summed E-state index contributed by atoms with van der Waals surface area (Å²) in [5.74, 6) is -0.822. The van der Waals surface area contributed by atoms with Crippen LogP contribution in [0.25, 0.3) is 5.69 Å². The summed E-state index contributed by atoms with van der Waals surface area (Å²) >= 11 is 0. The van der Waals surface area contributed by atoms with Crippen molar-refractivity contribution in [3.8, 4) is 17.2 Å². The number of ether oxygens (including phenoxy) is 2. The van der Waals surface area contributed by atoms with Crippen molar-refractivity contribution in [2.24, 2.45) is 0 Å². The highest BCUT2D eigenvalue weighted by Gasteiger charge is 2.33. The SMILES string of the molecule is Cc1nccn(-c2ccc(OCC(C)(C)O)c(OC(F)(F)F)c2)c1=O. The van der Waals surface area contributed by atoms with Gasteiger partial charge in [-0.15, -0.1) is 13.2 Å². The molecule has 9 heteroatoms. The van der Waals surface area contributed by atoms with E-state index in [0.29, 0.717) is 0 Å². The van der Waals surface area contributed by atoms with Gasteiger partial charge in [0.1, 0.15) is 12.3 Å². The maximum Gasteiger partial charge on any atom is 0.573 e. The van der Waals surface area contributed by atoms with Crippen LogP contribution in [0.1, 0.15) is 19.5 Å². The highest BCUT2D eigenvalue weighted by molar-refractivity contribution is 5.49. The fourth-order valence-corrected chi connectivity index (χ4v) is 1.94. The first kappa shape index (κ1) is 18.8. The molecule has 2 aromatic rings. The lowest BCUT2D eigenvalue weighted by atomic mass is 10.2. The maximum absolute atomic E-state index is 12.7. The average Bonchev–Trinajstić information content (AvgIpc) is 2.46. The Labute approximate surface area is 141 Å². The Morgan fingerprint density at radius 3 is 2.52 bits per heavy atom. The third-order valence-corrected chi connectivity index (χ3v) is 3.02. The van der Waals surface area contributed by atoms with Crippen LogP contribution < -0.4 is 15.0 Å². The highest BCUT2D eigenvalue weighted by Crippen LogP contribution is 2.34. The molecule has 0 saturated heterocycles. The lowest BCUT2D eigenvalue weighted by Gasteiger charge is -2.20. The molecule has 0 bridgehead atoms. The van der Waals surface area contributed by atoms with Gasteiger partial charge in [-0.3, -0.25) is 14.3 Å². The van der Waals surface area contributed by atoms with E-state index in [0.717, 1.165) is 10.6 Å². The molecule has 25 heavy (non-hydrogen) atoms. The molecule has 0 spiro atoms. The van der Waals surface area contributed by atoms with Crippen molar-refractivity contribution in [1.29, 1.82) is 0 Å². The molecular weight excluding hydrogens is 341 g/mol. The topological polar surface area (TPSA) is 73.6 Å². The standard InChI is InChI=1S/C16H17F3N2O4/c1-10-14(22)21(7-6-20-10)11-4-5-12(24-9-15(2,3)23)13(8-11)25-16(17,18)19/h4-8,23H,9H2,1-3H3. The normalized spacial score (nSPS) is 12.1. The minimum Gasteiger partial charge on any atom is -0.487 e. The van der Waals surface area contributed by atoms with Gasteiger partial charge in [0.05, 0.1) is 11.3 Å². The Morgan fingerprint density at radius 1 is 1.24 bits per heavy atom. The van der Waals surface area contributed by atoms with E-state index in [9.17, 15) is 23.1 Å². The van der Waals surface area contributed by atoms with E-state index in [1.54, 1.807) is 0 Å². The Morgan fingerprint density at radius 2 is 1.92 bits per heavy atom. The van der Waals surface area contributed by atoms with Crippen LogP contribution in [0, 0.1) is 6.92 Å². The molecule has 1 aromatic carbocycles. The number of aryl methyl sites for hydroxylation is 1. The van der Waals surface area contributed by atoms with Crippen LogP contribution in [0.5, 0.6) is 11.5 Å². The van der Waals surface area contributed by atoms with E-state index >= 15 is 0 Å². The van der Waals surface area contributed by atoms with E-state index in [4.69, 9.17) is 4.74 Å². The smallest absolute Gasteiger partial charge is 0.487 e. The summed E-state index contributed by atoms with van der Waals surface area (Å²) in [7, 11) is 0. The Balaban J connectivity index is 2.46. The van der Waals surface area contributed by atoms with Crippen molar-refractivity contribution in [2.75, 3.05) is 6.61 Å². The minimum absolute atomic E-state index is 0.158. The second-order valence-corrected chi connectivity index (χ2v) is 5.97. The van der Waals surface area contributed by atoms with Gasteiger partial charge in [-0.2, -0.15) is 0 Å². The molecule has 1 N–H and O–H groups in total. The molecule has 2 rings (SSSR count). The number of alkyl halides is 3. The summed E-state index contributed by atoms with van der Waals surface area (Å²) in [6.07, 6.45) is -2.25. The van der Waals surface area contributed by atoms with Gasteiger partial charge >= 0.3 is 6.36 Å². The molecule has 0 aliphatic rings. The van der Waals surface area contributed by atoms with Crippen LogP contribution in [0.3, 0.4) is 0 Å². The number of hydrogen-bond donors (Lipinski definition) is 1. The summed E-state index contributed by atoms with van der Waals surface area (Å²) in [5, 5.41) is 9.66. The molecule has 1 aromatic heterocycles. The molecule has 136 valence electrons. The Hall–Kier alpha value is -2.55. The van der Waals surface area contributed by atoms with Crippen LogP contribution in [0.2, 0.25) is 0 Å². The number of benzene rings is 1. The van der Waals surface area contributed by atoms with Crippen LogP contribution >= 0.6 is 0 Å². The lowest BCUT2D eigenvalue weighted by molar-refractivity contribution is -0.275. The van der Waals surface area contributed by atoms with Crippen LogP contribution in [0.4, 0.5) is 13.2 Å². The first-order chi connectivity index (χ1) is 11.5. The van der Waals surface area contributed by atoms with Gasteiger partial charge in [0.15, 0.2) is 11.5 Å². The van der Waals surface area contributed by atoms with Gasteiger partial charge in [-0.25, -0.2) is 0 Å². The average molecular weight is 358 g/mol. The van der Waals surface area contributed by atoms with E-state index in [1.807, 2.05) is 0 Å². The van der Waals surface area contributed by atoms with E-state index in [1.165, 1.54) is 45.3 Å². The number of rotatable bonds is 5. The largest absolute Gasteiger partial charge is 0.573 e. The van der Waals surface area contributed by atoms with Crippen molar-refractivity contribution < 1.29 is 27.8 Å². The zero-order valence-corrected chi connectivity index (χ0v) is 13.8. The molecule has 0 saturated carbocycles. The van der Waals surface area contributed by atoms with Crippen molar-refractivity contribution in [1.82, 2.24) is 9.55 Å². The predicted molar refractivity (Wildman–Crippen MR) is 83.0 cm³/mol. The number of aromatic nitrogens is 2. The summed E-state index contributed by atoms with van der Waals surface area (Å²) in [5.41, 5.74) is -1.35. The fourth-order valence-electron chi connectivity index (χ4n) is 1.94. The number of hydrogen-bond acceptors (Lipinski definition) is 5. The van der Waals surface area contributed by atoms with Gasteiger partial charge in [-0.05, 0) is 32.9 Å². The fraction of sp³-hybridized carbons (Fsp3) is 0.375. The molecular formula is C16H17F3N2O4. The predicted octanol–water partition coefficient (Wildman–Crippen LogP) is 2.59. The molecule has 0 fully saturated rings. The molecule has 1 heterocycles. The molecule has 6 nitrogen and oxygen atoms in total. The zero-order chi connectivity index (χ0) is 18.8. The Bertz CT molecular complexity index is 810. The number of nitrogens with zero attached hydrogens (tertiary/aromatic N) is 2. The van der Waals surface area contributed by atoms with E-state index in [2.05, 4.69) is 9.72 Å². The summed E-state index contributed by atoms with van der Waals surface area (Å²) in [6.45, 7) is 4.15. The monoisotopic (exact) mass is 358 g/mol. The van der Waals surface area contributed by atoms with Crippen molar-refractivity contribution in [3.05, 3.63) is 46.6 Å². The van der Waals surface area contributed by atoms with E-state index < -0.39 is 23.3 Å². The van der Waals surface area contributed by atoms with Crippen LogP contribution in [0.15, 0.2) is 35.4 Å². The second-order valence-electron chi connectivity index (χ2n) is 5.97. The van der Waals surface area contributed by atoms with Gasteiger partial charge in [0.25, 0.3) is 5.56 Å². The number of aliphatic hydroxyl groups is 1. The maximum atomic E-state index is 12.7. The van der Waals surface area contributed by atoms with Crippen LogP contribution in [-0.4, -0.2) is 33.2 Å². The molecule has 0 radical (unpaired) electrons. The molecule has 0 atom stereocenters. The third kappa shape index (κ3) is 5.21. The molecule has 0 aliphatic heterocycles. The summed E-state index contributed by atoms with van der Waals surface area (Å²) < 4.78 is 48.4. The molecule has 0 amide bonds. The second kappa shape index (κ2) is 6.75. The van der Waals surface area contributed by atoms with Crippen LogP contribution in [-0.2, 0) is 0 Å². The van der Waals surface area contributed by atoms with Gasteiger partial charge in [-0.1, -0.05) is 0 Å². The third-order valence-electron chi connectivity index (χ3n) is 3.02.